The summed E-state index contributed by atoms with van der Waals surface area (Å²) in [7, 11) is 4.72. The number of rotatable bonds is 9. The Balaban J connectivity index is 1.53. The molecule has 0 radical (unpaired) electrons. The average Bonchev–Trinajstić information content (AvgIpc) is 3.29. The highest BCUT2D eigenvalue weighted by atomic mass is 16.5. The number of hydrogen-bond donors (Lipinski definition) is 0. The van der Waals surface area contributed by atoms with E-state index in [1.54, 1.807) is 33.5 Å². The van der Waals surface area contributed by atoms with Crippen LogP contribution < -0.4 is 14.2 Å². The van der Waals surface area contributed by atoms with Gasteiger partial charge in [-0.2, -0.15) is 0 Å². The van der Waals surface area contributed by atoms with E-state index in [9.17, 15) is 4.79 Å². The molecular weight excluding hydrogens is 408 g/mol. The first-order valence-electron chi connectivity index (χ1n) is 11.0. The van der Waals surface area contributed by atoms with E-state index in [0.717, 1.165) is 50.7 Å². The summed E-state index contributed by atoms with van der Waals surface area (Å²) in [6.45, 7) is 9.38. The molecule has 0 N–H and O–H groups in total. The molecule has 2 aromatic rings. The second kappa shape index (κ2) is 11.0. The summed E-state index contributed by atoms with van der Waals surface area (Å²) in [5.41, 5.74) is 0.813. The van der Waals surface area contributed by atoms with Crippen LogP contribution in [0.2, 0.25) is 0 Å². The standard InChI is InChI=1S/C24H34N4O4/c1-18(2)24-25-8-9-28(24)15-12-26-10-13-27(14-11-26)22(29)7-6-19-16-20(30-3)23(32-5)21(17-19)31-4/h6-9,16-18H,10-15H2,1-5H3/b7-6+. The van der Waals surface area contributed by atoms with Gasteiger partial charge in [-0.15, -0.1) is 0 Å². The molecule has 8 heteroatoms. The first-order valence-corrected chi connectivity index (χ1v) is 11.0. The van der Waals surface area contributed by atoms with Crippen molar-refractivity contribution in [3.63, 3.8) is 0 Å². The Hall–Kier alpha value is -3.00. The molecule has 8 nitrogen and oxygen atoms in total. The van der Waals surface area contributed by atoms with Crippen LogP contribution in [0.4, 0.5) is 0 Å². The van der Waals surface area contributed by atoms with Crippen molar-refractivity contribution in [2.45, 2.75) is 26.3 Å². The van der Waals surface area contributed by atoms with E-state index < -0.39 is 0 Å². The van der Waals surface area contributed by atoms with E-state index in [0.29, 0.717) is 23.2 Å². The highest BCUT2D eigenvalue weighted by Crippen LogP contribution is 2.38. The molecule has 0 bridgehead atoms. The Kier molecular flexibility index (Phi) is 8.16. The number of methoxy groups -OCH3 is 3. The summed E-state index contributed by atoms with van der Waals surface area (Å²) < 4.78 is 18.3. The Morgan fingerprint density at radius 3 is 2.25 bits per heavy atom. The summed E-state index contributed by atoms with van der Waals surface area (Å²) in [4.78, 5) is 21.4. The van der Waals surface area contributed by atoms with E-state index in [-0.39, 0.29) is 5.91 Å². The number of hydrogen-bond acceptors (Lipinski definition) is 6. The Bertz CT molecular complexity index is 905. The molecule has 0 spiro atoms. The van der Waals surface area contributed by atoms with Crippen LogP contribution in [0.5, 0.6) is 17.2 Å². The number of nitrogens with zero attached hydrogens (tertiary/aromatic N) is 4. The first-order chi connectivity index (χ1) is 15.5. The third kappa shape index (κ3) is 5.62. The fourth-order valence-corrected chi connectivity index (χ4v) is 3.92. The maximum atomic E-state index is 12.7. The van der Waals surface area contributed by atoms with Gasteiger partial charge in [-0.3, -0.25) is 9.69 Å². The van der Waals surface area contributed by atoms with Gasteiger partial charge in [0.25, 0.3) is 0 Å². The smallest absolute Gasteiger partial charge is 0.246 e. The number of amides is 1. The molecule has 1 aromatic heterocycles. The minimum absolute atomic E-state index is 0.00936. The number of carbonyl (C=O) groups is 1. The lowest BCUT2D eigenvalue weighted by molar-refractivity contribution is -0.127. The highest BCUT2D eigenvalue weighted by molar-refractivity contribution is 5.92. The van der Waals surface area contributed by atoms with Crippen LogP contribution in [-0.2, 0) is 11.3 Å². The van der Waals surface area contributed by atoms with Gasteiger partial charge in [0.15, 0.2) is 11.5 Å². The molecule has 1 amide bonds. The van der Waals surface area contributed by atoms with Crippen molar-refractivity contribution in [2.75, 3.05) is 54.1 Å². The molecule has 2 heterocycles. The normalized spacial score (nSPS) is 14.9. The Morgan fingerprint density at radius 1 is 1.03 bits per heavy atom. The average molecular weight is 443 g/mol. The van der Waals surface area contributed by atoms with Gasteiger partial charge in [0, 0.05) is 63.7 Å². The zero-order valence-electron chi connectivity index (χ0n) is 19.7. The predicted molar refractivity (Wildman–Crippen MR) is 124 cm³/mol. The summed E-state index contributed by atoms with van der Waals surface area (Å²) in [5, 5.41) is 0. The van der Waals surface area contributed by atoms with Gasteiger partial charge in [0.1, 0.15) is 5.82 Å². The fraction of sp³-hybridized carbons (Fsp3) is 0.500. The maximum Gasteiger partial charge on any atom is 0.246 e. The topological polar surface area (TPSA) is 69.1 Å². The minimum atomic E-state index is 0.00936. The predicted octanol–water partition coefficient (Wildman–Crippen LogP) is 2.89. The van der Waals surface area contributed by atoms with E-state index in [2.05, 4.69) is 28.3 Å². The fourth-order valence-electron chi connectivity index (χ4n) is 3.92. The molecule has 0 aliphatic carbocycles. The van der Waals surface area contributed by atoms with Crippen molar-refractivity contribution < 1.29 is 19.0 Å². The van der Waals surface area contributed by atoms with Crippen LogP contribution in [0.25, 0.3) is 6.08 Å². The zero-order valence-corrected chi connectivity index (χ0v) is 19.7. The summed E-state index contributed by atoms with van der Waals surface area (Å²) in [6.07, 6.45) is 7.30. The van der Waals surface area contributed by atoms with E-state index >= 15 is 0 Å². The number of piperazine rings is 1. The largest absolute Gasteiger partial charge is 0.493 e. The van der Waals surface area contributed by atoms with Gasteiger partial charge in [0.05, 0.1) is 21.3 Å². The molecule has 174 valence electrons. The molecular formula is C24H34N4O4. The third-order valence-electron chi connectivity index (χ3n) is 5.71. The van der Waals surface area contributed by atoms with E-state index in [4.69, 9.17) is 14.2 Å². The van der Waals surface area contributed by atoms with Crippen molar-refractivity contribution in [2.24, 2.45) is 0 Å². The molecule has 32 heavy (non-hydrogen) atoms. The highest BCUT2D eigenvalue weighted by Gasteiger charge is 2.20. The number of ether oxygens (including phenoxy) is 3. The molecule has 0 atom stereocenters. The van der Waals surface area contributed by atoms with E-state index in [1.807, 2.05) is 29.4 Å². The van der Waals surface area contributed by atoms with Crippen LogP contribution in [0.1, 0.15) is 31.2 Å². The lowest BCUT2D eigenvalue weighted by Crippen LogP contribution is -2.48. The number of aromatic nitrogens is 2. The monoisotopic (exact) mass is 442 g/mol. The van der Waals surface area contributed by atoms with Gasteiger partial charge < -0.3 is 23.7 Å². The van der Waals surface area contributed by atoms with Gasteiger partial charge in [-0.25, -0.2) is 4.98 Å². The van der Waals surface area contributed by atoms with Crippen LogP contribution >= 0.6 is 0 Å². The summed E-state index contributed by atoms with van der Waals surface area (Å²) >= 11 is 0. The van der Waals surface area contributed by atoms with Crippen molar-refractivity contribution >= 4 is 12.0 Å². The second-order valence-corrected chi connectivity index (χ2v) is 8.09. The number of carbonyl (C=O) groups excluding carboxylic acids is 1. The van der Waals surface area contributed by atoms with Gasteiger partial charge in [-0.05, 0) is 23.8 Å². The van der Waals surface area contributed by atoms with Crippen LogP contribution in [0, 0.1) is 0 Å². The zero-order chi connectivity index (χ0) is 23.1. The second-order valence-electron chi connectivity index (χ2n) is 8.09. The van der Waals surface area contributed by atoms with Crippen LogP contribution in [0.3, 0.4) is 0 Å². The minimum Gasteiger partial charge on any atom is -0.493 e. The van der Waals surface area contributed by atoms with Crippen LogP contribution in [-0.4, -0.2) is 79.3 Å². The SMILES string of the molecule is COc1cc(/C=C/C(=O)N2CCN(CCn3ccnc3C(C)C)CC2)cc(OC)c1OC. The third-order valence-corrected chi connectivity index (χ3v) is 5.71. The van der Waals surface area contributed by atoms with Crippen molar-refractivity contribution in [3.8, 4) is 17.2 Å². The first kappa shape index (κ1) is 23.7. The molecule has 0 saturated carbocycles. The Morgan fingerprint density at radius 2 is 1.69 bits per heavy atom. The van der Waals surface area contributed by atoms with Gasteiger partial charge in [0.2, 0.25) is 11.7 Å². The lowest BCUT2D eigenvalue weighted by Gasteiger charge is -2.34. The maximum absolute atomic E-state index is 12.7. The molecule has 1 saturated heterocycles. The number of imidazole rings is 1. The molecule has 3 rings (SSSR count). The molecule has 1 aromatic carbocycles. The van der Waals surface area contributed by atoms with Crippen molar-refractivity contribution in [1.29, 1.82) is 0 Å². The molecule has 1 aliphatic heterocycles. The molecule has 1 fully saturated rings. The molecule has 0 unspecified atom stereocenters. The van der Waals surface area contributed by atoms with E-state index in [1.165, 1.54) is 0 Å². The summed E-state index contributed by atoms with van der Waals surface area (Å²) in [5.74, 6) is 3.20. The van der Waals surface area contributed by atoms with Crippen molar-refractivity contribution in [3.05, 3.63) is 42.0 Å². The van der Waals surface area contributed by atoms with Gasteiger partial charge >= 0.3 is 0 Å². The lowest BCUT2D eigenvalue weighted by atomic mass is 10.1. The number of benzene rings is 1. The van der Waals surface area contributed by atoms with Crippen molar-refractivity contribution in [1.82, 2.24) is 19.4 Å². The molecule has 1 aliphatic rings. The van der Waals surface area contributed by atoms with Crippen LogP contribution in [0.15, 0.2) is 30.6 Å². The summed E-state index contributed by atoms with van der Waals surface area (Å²) in [6, 6.07) is 3.65. The quantitative estimate of drug-likeness (QED) is 0.557. The van der Waals surface area contributed by atoms with Gasteiger partial charge in [-0.1, -0.05) is 13.8 Å². The Labute approximate surface area is 190 Å².